The molecule has 0 amide bonds. The molecule has 0 aromatic heterocycles. The lowest BCUT2D eigenvalue weighted by Crippen LogP contribution is -2.39. The van der Waals surface area contributed by atoms with Gasteiger partial charge >= 0.3 is 0 Å². The van der Waals surface area contributed by atoms with E-state index in [1.54, 1.807) is 0 Å². The van der Waals surface area contributed by atoms with Gasteiger partial charge in [0.05, 0.1) is 0 Å². The molecule has 0 bridgehead atoms. The van der Waals surface area contributed by atoms with Crippen LogP contribution in [0.25, 0.3) is 0 Å². The van der Waals surface area contributed by atoms with Crippen LogP contribution < -0.4 is 5.32 Å². The van der Waals surface area contributed by atoms with E-state index in [-0.39, 0.29) is 12.4 Å². The quantitative estimate of drug-likeness (QED) is 0.916. The van der Waals surface area contributed by atoms with Gasteiger partial charge in [0.1, 0.15) is 0 Å². The van der Waals surface area contributed by atoms with E-state index in [1.165, 1.54) is 43.7 Å². The topological polar surface area (TPSA) is 15.3 Å². The summed E-state index contributed by atoms with van der Waals surface area (Å²) in [6, 6.07) is 8.92. The minimum absolute atomic E-state index is 0. The Bertz CT molecular complexity index is 407. The predicted molar refractivity (Wildman–Crippen MR) is 82.8 cm³/mol. The standard InChI is InChI=1S/C16H24N2.ClH/c1-2-13-5-3-4-6-15(13)11-18-8-7-14-9-17-10-16(14)12-18;/h3-6,14,16-17H,2,7-12H2,1H3;1H. The van der Waals surface area contributed by atoms with Crippen molar-refractivity contribution in [1.82, 2.24) is 10.2 Å². The van der Waals surface area contributed by atoms with Gasteiger partial charge in [-0.05, 0) is 55.4 Å². The van der Waals surface area contributed by atoms with Gasteiger partial charge in [-0.15, -0.1) is 12.4 Å². The van der Waals surface area contributed by atoms with Crippen molar-refractivity contribution in [1.29, 1.82) is 0 Å². The lowest BCUT2D eigenvalue weighted by molar-refractivity contribution is 0.142. The zero-order valence-electron chi connectivity index (χ0n) is 11.8. The average molecular weight is 281 g/mol. The molecule has 0 aliphatic carbocycles. The Labute approximate surface area is 123 Å². The second-order valence-electron chi connectivity index (χ2n) is 5.82. The highest BCUT2D eigenvalue weighted by Crippen LogP contribution is 2.27. The van der Waals surface area contributed by atoms with Gasteiger partial charge in [0.15, 0.2) is 0 Å². The van der Waals surface area contributed by atoms with E-state index in [1.807, 2.05) is 0 Å². The largest absolute Gasteiger partial charge is 0.316 e. The van der Waals surface area contributed by atoms with Crippen molar-refractivity contribution in [2.24, 2.45) is 11.8 Å². The molecule has 0 saturated carbocycles. The fourth-order valence-corrected chi connectivity index (χ4v) is 3.55. The number of fused-ring (bicyclic) bond motifs is 1. The molecule has 2 heterocycles. The second kappa shape index (κ2) is 6.74. The Morgan fingerprint density at radius 3 is 2.68 bits per heavy atom. The summed E-state index contributed by atoms with van der Waals surface area (Å²) in [5.41, 5.74) is 3.05. The molecule has 3 rings (SSSR count). The van der Waals surface area contributed by atoms with E-state index in [0.717, 1.165) is 24.8 Å². The van der Waals surface area contributed by atoms with Crippen molar-refractivity contribution >= 4 is 12.4 Å². The van der Waals surface area contributed by atoms with Gasteiger partial charge < -0.3 is 5.32 Å². The Morgan fingerprint density at radius 1 is 1.16 bits per heavy atom. The molecule has 0 spiro atoms. The van der Waals surface area contributed by atoms with Crippen LogP contribution in [-0.2, 0) is 13.0 Å². The van der Waals surface area contributed by atoms with Gasteiger partial charge in [-0.25, -0.2) is 0 Å². The van der Waals surface area contributed by atoms with Gasteiger partial charge in [0.25, 0.3) is 0 Å². The first-order chi connectivity index (χ1) is 8.86. The molecule has 19 heavy (non-hydrogen) atoms. The summed E-state index contributed by atoms with van der Waals surface area (Å²) in [6.45, 7) is 8.45. The first-order valence-electron chi connectivity index (χ1n) is 7.36. The van der Waals surface area contributed by atoms with Gasteiger partial charge in [-0.3, -0.25) is 4.90 Å². The zero-order chi connectivity index (χ0) is 12.4. The number of benzene rings is 1. The van der Waals surface area contributed by atoms with E-state index in [9.17, 15) is 0 Å². The summed E-state index contributed by atoms with van der Waals surface area (Å²) in [6.07, 6.45) is 2.53. The lowest BCUT2D eigenvalue weighted by atomic mass is 9.88. The van der Waals surface area contributed by atoms with Crippen molar-refractivity contribution in [3.05, 3.63) is 35.4 Å². The Balaban J connectivity index is 0.00000133. The van der Waals surface area contributed by atoms with Gasteiger partial charge in [0.2, 0.25) is 0 Å². The van der Waals surface area contributed by atoms with Crippen LogP contribution in [0.2, 0.25) is 0 Å². The number of nitrogens with one attached hydrogen (secondary N) is 1. The third-order valence-corrected chi connectivity index (χ3v) is 4.68. The molecule has 106 valence electrons. The lowest BCUT2D eigenvalue weighted by Gasteiger charge is -2.34. The fourth-order valence-electron chi connectivity index (χ4n) is 3.55. The first kappa shape index (κ1) is 14.8. The highest BCUT2D eigenvalue weighted by atomic mass is 35.5. The molecule has 2 nitrogen and oxygen atoms in total. The molecule has 2 aliphatic rings. The Morgan fingerprint density at radius 2 is 1.89 bits per heavy atom. The van der Waals surface area contributed by atoms with Crippen LogP contribution in [0.3, 0.4) is 0 Å². The number of nitrogens with zero attached hydrogens (tertiary/aromatic N) is 1. The third kappa shape index (κ3) is 3.31. The second-order valence-corrected chi connectivity index (χ2v) is 5.82. The van der Waals surface area contributed by atoms with Crippen LogP contribution in [0.5, 0.6) is 0 Å². The normalized spacial score (nSPS) is 26.8. The van der Waals surface area contributed by atoms with Crippen molar-refractivity contribution in [3.63, 3.8) is 0 Å². The molecular weight excluding hydrogens is 256 g/mol. The van der Waals surface area contributed by atoms with Crippen molar-refractivity contribution in [2.45, 2.75) is 26.3 Å². The van der Waals surface area contributed by atoms with E-state index in [4.69, 9.17) is 0 Å². The number of hydrogen-bond donors (Lipinski definition) is 1. The summed E-state index contributed by atoms with van der Waals surface area (Å²) in [7, 11) is 0. The molecule has 2 fully saturated rings. The van der Waals surface area contributed by atoms with Crippen LogP contribution in [0, 0.1) is 11.8 Å². The molecule has 3 heteroatoms. The minimum atomic E-state index is 0. The number of aryl methyl sites for hydroxylation is 1. The Hall–Kier alpha value is -0.570. The average Bonchev–Trinajstić information content (AvgIpc) is 2.87. The van der Waals surface area contributed by atoms with Gasteiger partial charge in [-0.2, -0.15) is 0 Å². The van der Waals surface area contributed by atoms with Crippen LogP contribution in [0.15, 0.2) is 24.3 Å². The van der Waals surface area contributed by atoms with E-state index in [2.05, 4.69) is 41.4 Å². The molecule has 2 saturated heterocycles. The SMILES string of the molecule is CCc1ccccc1CN1CCC2CNCC2C1.Cl. The zero-order valence-corrected chi connectivity index (χ0v) is 12.6. The highest BCUT2D eigenvalue weighted by Gasteiger charge is 2.32. The van der Waals surface area contributed by atoms with E-state index >= 15 is 0 Å². The number of halogens is 1. The third-order valence-electron chi connectivity index (χ3n) is 4.68. The van der Waals surface area contributed by atoms with E-state index < -0.39 is 0 Å². The summed E-state index contributed by atoms with van der Waals surface area (Å²) in [5.74, 6) is 1.84. The van der Waals surface area contributed by atoms with Gasteiger partial charge in [-0.1, -0.05) is 31.2 Å². The fraction of sp³-hybridized carbons (Fsp3) is 0.625. The molecule has 0 radical (unpaired) electrons. The summed E-state index contributed by atoms with van der Waals surface area (Å²) in [4.78, 5) is 2.66. The number of likely N-dealkylation sites (tertiary alicyclic amines) is 1. The van der Waals surface area contributed by atoms with Crippen LogP contribution in [0.4, 0.5) is 0 Å². The molecule has 2 atom stereocenters. The van der Waals surface area contributed by atoms with E-state index in [0.29, 0.717) is 0 Å². The predicted octanol–water partition coefficient (Wildman–Crippen LogP) is 2.71. The van der Waals surface area contributed by atoms with Gasteiger partial charge in [0, 0.05) is 13.1 Å². The maximum Gasteiger partial charge on any atom is 0.0236 e. The van der Waals surface area contributed by atoms with Crippen molar-refractivity contribution < 1.29 is 0 Å². The molecule has 1 N–H and O–H groups in total. The first-order valence-corrected chi connectivity index (χ1v) is 7.36. The van der Waals surface area contributed by atoms with Crippen LogP contribution in [0.1, 0.15) is 24.5 Å². The molecule has 1 aromatic carbocycles. The Kier molecular flexibility index (Phi) is 5.26. The monoisotopic (exact) mass is 280 g/mol. The molecule has 2 aliphatic heterocycles. The summed E-state index contributed by atoms with van der Waals surface area (Å²) in [5, 5.41) is 3.54. The van der Waals surface area contributed by atoms with Crippen LogP contribution >= 0.6 is 12.4 Å². The van der Waals surface area contributed by atoms with Crippen LogP contribution in [-0.4, -0.2) is 31.1 Å². The highest BCUT2D eigenvalue weighted by molar-refractivity contribution is 5.85. The summed E-state index contributed by atoms with van der Waals surface area (Å²) < 4.78 is 0. The maximum absolute atomic E-state index is 3.54. The number of piperidine rings is 1. The molecule has 2 unspecified atom stereocenters. The number of hydrogen-bond acceptors (Lipinski definition) is 2. The van der Waals surface area contributed by atoms with Crippen molar-refractivity contribution in [2.75, 3.05) is 26.2 Å². The summed E-state index contributed by atoms with van der Waals surface area (Å²) >= 11 is 0. The minimum Gasteiger partial charge on any atom is -0.316 e. The maximum atomic E-state index is 3.54. The van der Waals surface area contributed by atoms with Crippen molar-refractivity contribution in [3.8, 4) is 0 Å². The number of rotatable bonds is 3. The molecule has 1 aromatic rings. The smallest absolute Gasteiger partial charge is 0.0236 e. The molecular formula is C16H25ClN2.